The fraction of sp³-hybridized carbons (Fsp3) is 0.947. The number of hydrogen-bond acceptors (Lipinski definition) is 3. The molecule has 2 N–H and O–H groups in total. The van der Waals surface area contributed by atoms with E-state index < -0.39 is 5.97 Å². The highest BCUT2D eigenvalue weighted by Gasteiger charge is 2.21. The molecule has 1 unspecified atom stereocenters. The molecule has 0 heterocycles. The number of hydrogen-bond donors (Lipinski definition) is 2. The first-order chi connectivity index (χ1) is 10.6. The third kappa shape index (κ3) is 13.5. The Kier molecular flexibility index (Phi) is 10.7. The number of aliphatic hydroxyl groups is 1. The zero-order chi connectivity index (χ0) is 17.9. The Morgan fingerprint density at radius 1 is 0.957 bits per heavy atom. The van der Waals surface area contributed by atoms with E-state index in [2.05, 4.69) is 13.8 Å². The van der Waals surface area contributed by atoms with Gasteiger partial charge in [-0.05, 0) is 36.5 Å². The second kappa shape index (κ2) is 11.0. The van der Waals surface area contributed by atoms with Crippen molar-refractivity contribution in [1.82, 2.24) is 0 Å². The second-order valence-electron chi connectivity index (χ2n) is 8.48. The van der Waals surface area contributed by atoms with Gasteiger partial charge >= 0.3 is 5.97 Å². The van der Waals surface area contributed by atoms with Crippen LogP contribution in [0.2, 0.25) is 0 Å². The van der Waals surface area contributed by atoms with Crippen molar-refractivity contribution in [3.05, 3.63) is 0 Å². The fourth-order valence-electron chi connectivity index (χ4n) is 3.07. The standard InChI is InChI=1S/C19H38O4/c1-18(2,14-17(21)22)12-8-6-10-16(20)11-7-9-13-19(3,4)15-23-5/h16,20H,6-15H2,1-5H3,(H,21,22). The molecule has 0 rings (SSSR count). The van der Waals surface area contributed by atoms with Crippen LogP contribution >= 0.6 is 0 Å². The Morgan fingerprint density at radius 2 is 1.43 bits per heavy atom. The summed E-state index contributed by atoms with van der Waals surface area (Å²) < 4.78 is 5.22. The van der Waals surface area contributed by atoms with E-state index in [1.54, 1.807) is 7.11 Å². The predicted molar refractivity (Wildman–Crippen MR) is 94.6 cm³/mol. The molecule has 0 aromatic heterocycles. The zero-order valence-electron chi connectivity index (χ0n) is 15.9. The lowest BCUT2D eigenvalue weighted by Crippen LogP contribution is -2.18. The van der Waals surface area contributed by atoms with E-state index in [1.807, 2.05) is 13.8 Å². The minimum atomic E-state index is -0.730. The largest absolute Gasteiger partial charge is 0.481 e. The van der Waals surface area contributed by atoms with Crippen molar-refractivity contribution in [3.63, 3.8) is 0 Å². The molecule has 0 aliphatic rings. The summed E-state index contributed by atoms with van der Waals surface area (Å²) in [4.78, 5) is 10.8. The van der Waals surface area contributed by atoms with E-state index >= 15 is 0 Å². The monoisotopic (exact) mass is 330 g/mol. The average molecular weight is 331 g/mol. The smallest absolute Gasteiger partial charge is 0.303 e. The topological polar surface area (TPSA) is 66.8 Å². The van der Waals surface area contributed by atoms with Crippen LogP contribution in [0.15, 0.2) is 0 Å². The van der Waals surface area contributed by atoms with Gasteiger partial charge in [0.15, 0.2) is 0 Å². The molecule has 0 aliphatic heterocycles. The summed E-state index contributed by atoms with van der Waals surface area (Å²) >= 11 is 0. The van der Waals surface area contributed by atoms with Crippen molar-refractivity contribution in [2.75, 3.05) is 13.7 Å². The van der Waals surface area contributed by atoms with Crippen molar-refractivity contribution in [2.24, 2.45) is 10.8 Å². The lowest BCUT2D eigenvalue weighted by atomic mass is 9.83. The Bertz CT molecular complexity index is 323. The Labute approximate surface area is 142 Å². The number of methoxy groups -OCH3 is 1. The van der Waals surface area contributed by atoms with E-state index in [9.17, 15) is 9.90 Å². The van der Waals surface area contributed by atoms with Crippen LogP contribution in [0.5, 0.6) is 0 Å². The molecule has 0 saturated carbocycles. The van der Waals surface area contributed by atoms with Crippen LogP contribution in [0.1, 0.15) is 85.5 Å². The number of unbranched alkanes of at least 4 members (excludes halogenated alkanes) is 2. The molecular weight excluding hydrogens is 292 g/mol. The summed E-state index contributed by atoms with van der Waals surface area (Å²) in [5, 5.41) is 18.9. The Morgan fingerprint density at radius 3 is 1.87 bits per heavy atom. The van der Waals surface area contributed by atoms with E-state index in [0.29, 0.717) is 0 Å². The van der Waals surface area contributed by atoms with Gasteiger partial charge in [0.2, 0.25) is 0 Å². The first-order valence-electron chi connectivity index (χ1n) is 8.97. The number of carboxylic acids is 1. The quantitative estimate of drug-likeness (QED) is 0.455. The molecule has 0 amide bonds. The van der Waals surface area contributed by atoms with Gasteiger partial charge < -0.3 is 14.9 Å². The normalized spacial score (nSPS) is 14.0. The minimum Gasteiger partial charge on any atom is -0.481 e. The van der Waals surface area contributed by atoms with Crippen molar-refractivity contribution in [2.45, 2.75) is 91.6 Å². The van der Waals surface area contributed by atoms with Crippen LogP contribution in [0.4, 0.5) is 0 Å². The summed E-state index contributed by atoms with van der Waals surface area (Å²) in [6.45, 7) is 9.21. The highest BCUT2D eigenvalue weighted by Crippen LogP contribution is 2.28. The molecule has 4 nitrogen and oxygen atoms in total. The van der Waals surface area contributed by atoms with Gasteiger partial charge in [0, 0.05) is 7.11 Å². The highest BCUT2D eigenvalue weighted by molar-refractivity contribution is 5.67. The maximum Gasteiger partial charge on any atom is 0.303 e. The number of carbonyl (C=O) groups is 1. The van der Waals surface area contributed by atoms with Gasteiger partial charge in [0.1, 0.15) is 0 Å². The summed E-state index contributed by atoms with van der Waals surface area (Å²) in [5.41, 5.74) is 0.0686. The minimum absolute atomic E-state index is 0.149. The van der Waals surface area contributed by atoms with Gasteiger partial charge in [-0.15, -0.1) is 0 Å². The number of carboxylic acid groups (broad SMARTS) is 1. The van der Waals surface area contributed by atoms with Crippen molar-refractivity contribution < 1.29 is 19.7 Å². The van der Waals surface area contributed by atoms with Crippen LogP contribution in [0.3, 0.4) is 0 Å². The Balaban J connectivity index is 3.68. The predicted octanol–water partition coefficient (Wildman–Crippen LogP) is 4.64. The van der Waals surface area contributed by atoms with Gasteiger partial charge in [0.25, 0.3) is 0 Å². The lowest BCUT2D eigenvalue weighted by molar-refractivity contribution is -0.139. The molecule has 0 spiro atoms. The van der Waals surface area contributed by atoms with E-state index in [4.69, 9.17) is 9.84 Å². The van der Waals surface area contributed by atoms with Gasteiger partial charge in [0.05, 0.1) is 19.1 Å². The molecule has 0 radical (unpaired) electrons. The molecular formula is C19H38O4. The van der Waals surface area contributed by atoms with Crippen LogP contribution < -0.4 is 0 Å². The lowest BCUT2D eigenvalue weighted by Gasteiger charge is -2.23. The van der Waals surface area contributed by atoms with Crippen molar-refractivity contribution >= 4 is 5.97 Å². The fourth-order valence-corrected chi connectivity index (χ4v) is 3.07. The first kappa shape index (κ1) is 22.4. The maximum atomic E-state index is 10.8. The number of rotatable bonds is 14. The van der Waals surface area contributed by atoms with E-state index in [1.165, 1.54) is 0 Å². The molecule has 0 bridgehead atoms. The van der Waals surface area contributed by atoms with Gasteiger partial charge in [-0.3, -0.25) is 4.79 Å². The van der Waals surface area contributed by atoms with Crippen LogP contribution in [-0.4, -0.2) is 36.0 Å². The first-order valence-corrected chi connectivity index (χ1v) is 8.97. The van der Waals surface area contributed by atoms with Crippen molar-refractivity contribution in [3.8, 4) is 0 Å². The SMILES string of the molecule is COCC(C)(C)CCCCC(O)CCCCC(C)(C)CC(=O)O. The van der Waals surface area contributed by atoms with Gasteiger partial charge in [-0.2, -0.15) is 0 Å². The molecule has 0 aromatic carbocycles. The summed E-state index contributed by atoms with van der Waals surface area (Å²) in [6, 6.07) is 0. The molecule has 0 aromatic rings. The molecule has 1 atom stereocenters. The summed E-state index contributed by atoms with van der Waals surface area (Å²) in [7, 11) is 1.74. The number of aliphatic carboxylic acids is 1. The van der Waals surface area contributed by atoms with Crippen molar-refractivity contribution in [1.29, 1.82) is 0 Å². The van der Waals surface area contributed by atoms with Gasteiger partial charge in [-0.1, -0.05) is 53.4 Å². The summed E-state index contributed by atoms with van der Waals surface area (Å²) in [5.74, 6) is -0.730. The second-order valence-corrected chi connectivity index (χ2v) is 8.48. The van der Waals surface area contributed by atoms with Crippen LogP contribution in [-0.2, 0) is 9.53 Å². The third-order valence-corrected chi connectivity index (χ3v) is 4.45. The molecule has 0 aliphatic carbocycles. The third-order valence-electron chi connectivity index (χ3n) is 4.45. The molecule has 23 heavy (non-hydrogen) atoms. The van der Waals surface area contributed by atoms with Gasteiger partial charge in [-0.25, -0.2) is 0 Å². The number of aliphatic hydroxyl groups excluding tert-OH is 1. The molecule has 138 valence electrons. The van der Waals surface area contributed by atoms with Crippen LogP contribution in [0.25, 0.3) is 0 Å². The number of ether oxygens (including phenoxy) is 1. The average Bonchev–Trinajstić information content (AvgIpc) is 2.38. The summed E-state index contributed by atoms with van der Waals surface area (Å²) in [6.07, 6.45) is 7.84. The van der Waals surface area contributed by atoms with Crippen LogP contribution in [0, 0.1) is 10.8 Å². The maximum absolute atomic E-state index is 10.8. The highest BCUT2D eigenvalue weighted by atomic mass is 16.5. The molecule has 4 heteroatoms. The van der Waals surface area contributed by atoms with E-state index in [-0.39, 0.29) is 23.4 Å². The van der Waals surface area contributed by atoms with E-state index in [0.717, 1.165) is 58.0 Å². The molecule has 0 fully saturated rings. The molecule has 0 saturated heterocycles. The zero-order valence-corrected chi connectivity index (χ0v) is 15.9. The Hall–Kier alpha value is -0.610.